The Morgan fingerprint density at radius 3 is 1.32 bits per heavy atom. The van der Waals surface area contributed by atoms with Gasteiger partial charge in [-0.15, -0.1) is 20.4 Å². The second-order valence-electron chi connectivity index (χ2n) is 10.2. The third-order valence-corrected chi connectivity index (χ3v) is 6.89. The number of aromatic amines is 2. The zero-order valence-corrected chi connectivity index (χ0v) is 25.2. The molecule has 2 heterocycles. The van der Waals surface area contributed by atoms with Gasteiger partial charge in [-0.25, -0.2) is 9.97 Å². The number of rotatable bonds is 10. The van der Waals surface area contributed by atoms with Crippen molar-refractivity contribution in [2.45, 2.75) is 12.2 Å². The Hall–Kier alpha value is -7.46. The van der Waals surface area contributed by atoms with Gasteiger partial charge < -0.3 is 43.1 Å². The van der Waals surface area contributed by atoms with Gasteiger partial charge in [0.1, 0.15) is 23.6 Å². The van der Waals surface area contributed by atoms with Crippen molar-refractivity contribution in [1.29, 1.82) is 0 Å². The smallest absolute Gasteiger partial charge is 0.276 e. The van der Waals surface area contributed by atoms with E-state index in [0.29, 0.717) is 0 Å². The first kappa shape index (κ1) is 33.9. The van der Waals surface area contributed by atoms with Crippen LogP contribution in [-0.2, 0) is 0 Å². The predicted molar refractivity (Wildman–Crippen MR) is 179 cm³/mol. The summed E-state index contributed by atoms with van der Waals surface area (Å²) in [5.74, 6) is -1.02. The molecule has 22 heteroatoms. The third kappa shape index (κ3) is 7.09. The minimum atomic E-state index is -1.70. The van der Waals surface area contributed by atoms with E-state index in [1.54, 1.807) is 0 Å². The Bertz CT molecular complexity index is 2240. The summed E-state index contributed by atoms with van der Waals surface area (Å²) in [5.41, 5.74) is 18.2. The van der Waals surface area contributed by atoms with E-state index in [4.69, 9.17) is 22.9 Å². The number of nitrogens with two attached hydrogens (primary N) is 4. The Kier molecular flexibility index (Phi) is 9.30. The van der Waals surface area contributed by atoms with E-state index in [-0.39, 0.29) is 44.6 Å². The van der Waals surface area contributed by atoms with Crippen molar-refractivity contribution < 1.29 is 20.1 Å². The lowest BCUT2D eigenvalue weighted by Crippen LogP contribution is -2.27. The summed E-state index contributed by atoms with van der Waals surface area (Å²) < 4.78 is 0. The van der Waals surface area contributed by atoms with Crippen molar-refractivity contribution in [3.05, 3.63) is 124 Å². The fourth-order valence-corrected chi connectivity index (χ4v) is 4.59. The summed E-state index contributed by atoms with van der Waals surface area (Å²) in [6.45, 7) is 0. The Morgan fingerprint density at radius 2 is 1.00 bits per heavy atom. The number of hydrogen-bond acceptors (Lipinski definition) is 14. The minimum Gasteiger partial charge on any atom is -0.382 e. The number of nitrogens with one attached hydrogen (secondary N) is 2. The van der Waals surface area contributed by atoms with E-state index in [2.05, 4.69) is 40.3 Å². The molecule has 0 aliphatic heterocycles. The van der Waals surface area contributed by atoms with Crippen LogP contribution in [0.25, 0.3) is 22.1 Å². The van der Waals surface area contributed by atoms with Crippen LogP contribution in [0.15, 0.2) is 90.7 Å². The molecule has 5 aromatic rings. The lowest BCUT2D eigenvalue weighted by Gasteiger charge is -2.16. The van der Waals surface area contributed by atoms with Gasteiger partial charge in [-0.1, -0.05) is 24.3 Å². The number of nitrogens with zero attached hydrogens (tertiary/aromatic N) is 8. The zero-order valence-electron chi connectivity index (χ0n) is 25.2. The van der Waals surface area contributed by atoms with Crippen LogP contribution in [-0.4, -0.2) is 63.3 Å². The fraction of sp³-hybridized carbons (Fsp3) is 0.0714. The van der Waals surface area contributed by atoms with Crippen LogP contribution >= 0.6 is 0 Å². The molecule has 5 rings (SSSR count). The highest BCUT2D eigenvalue weighted by Crippen LogP contribution is 2.25. The highest BCUT2D eigenvalue weighted by Gasteiger charge is 2.26. The summed E-state index contributed by atoms with van der Waals surface area (Å²) in [6, 6.07) is 12.5. The molecule has 0 aliphatic carbocycles. The van der Waals surface area contributed by atoms with Crippen molar-refractivity contribution in [3.63, 3.8) is 0 Å². The lowest BCUT2D eigenvalue weighted by molar-refractivity contribution is -0.384. The number of non-ortho nitro benzene ring substituents is 2. The molecule has 0 amide bonds. The largest absolute Gasteiger partial charge is 0.382 e. The van der Waals surface area contributed by atoms with Gasteiger partial charge in [0.2, 0.25) is 11.9 Å². The van der Waals surface area contributed by atoms with E-state index in [0.717, 1.165) is 12.1 Å². The molecule has 0 radical (unpaired) electrons. The molecule has 3 aromatic carbocycles. The number of aromatic nitrogens is 4. The number of fused-ring (bicyclic) bond motifs is 2. The van der Waals surface area contributed by atoms with Crippen LogP contribution in [0.2, 0.25) is 0 Å². The maximum Gasteiger partial charge on any atom is 0.276 e. The predicted octanol–water partition coefficient (Wildman–Crippen LogP) is -0.602. The maximum absolute atomic E-state index is 13.0. The van der Waals surface area contributed by atoms with Crippen LogP contribution in [0.1, 0.15) is 34.7 Å². The van der Waals surface area contributed by atoms with Crippen LogP contribution in [0.5, 0.6) is 0 Å². The molecule has 0 saturated heterocycles. The van der Waals surface area contributed by atoms with Gasteiger partial charge in [0.05, 0.1) is 31.9 Å². The Balaban J connectivity index is 1.53. The van der Waals surface area contributed by atoms with Gasteiger partial charge >= 0.3 is 0 Å². The molecule has 254 valence electrons. The normalized spacial score (nSPS) is 13.1. The highest BCUT2D eigenvalue weighted by molar-refractivity contribution is 6.04. The van der Waals surface area contributed by atoms with Crippen LogP contribution in [0, 0.1) is 20.2 Å². The standard InChI is InChI=1S/C28H24N14O8/c29-27(30)39-37-19(21-25(45)35-17-9-13(41(47)48)5-7-15(17)33-21)23(43)11-1-2-12(4-3-11)24(44)20(38-40-28(31)32)22-26(46)36-18-10-14(42(49)50)6-8-16(18)34-22/h1-10,23-24,43-44H,(H,35,45)(H,36,46)(H4,29,30,39)(H4,31,32,40)/b37-19-,38-20+/t23-,24-/m0/s1. The molecule has 0 unspecified atom stereocenters. The molecule has 0 bridgehead atoms. The molecule has 0 aliphatic rings. The van der Waals surface area contributed by atoms with Gasteiger partial charge in [0, 0.05) is 24.3 Å². The summed E-state index contributed by atoms with van der Waals surface area (Å²) in [4.78, 5) is 60.4. The summed E-state index contributed by atoms with van der Waals surface area (Å²) in [5, 5.41) is 59.7. The first-order valence-corrected chi connectivity index (χ1v) is 13.9. The fourth-order valence-electron chi connectivity index (χ4n) is 4.59. The average molecular weight is 685 g/mol. The average Bonchev–Trinajstić information content (AvgIpc) is 3.07. The molecule has 0 fully saturated rings. The van der Waals surface area contributed by atoms with Crippen molar-refractivity contribution in [2.75, 3.05) is 0 Å². The number of aliphatic hydroxyl groups excluding tert-OH is 2. The van der Waals surface area contributed by atoms with Gasteiger partial charge in [0.15, 0.2) is 11.4 Å². The second-order valence-corrected chi connectivity index (χ2v) is 10.2. The van der Waals surface area contributed by atoms with Gasteiger partial charge in [-0.3, -0.25) is 29.8 Å². The summed E-state index contributed by atoms with van der Waals surface area (Å²) in [6.07, 6.45) is -3.39. The van der Waals surface area contributed by atoms with Crippen LogP contribution < -0.4 is 34.1 Å². The number of nitro groups is 2. The SMILES string of the molecule is NC(N)=N/N=C(/c1nc2ccc([N+](=O)[O-])cc2[nH]c1=O)[C@@H](O)c1ccc([C@H](O)/C(=N/N=C(N)N)c2nc3ccc([N+](=O)[O-])cc3[nH]c2=O)cc1. The quantitative estimate of drug-likeness (QED) is 0.0394. The Morgan fingerprint density at radius 1 is 0.640 bits per heavy atom. The number of aliphatic hydroxyl groups is 2. The van der Waals surface area contributed by atoms with E-state index in [1.165, 1.54) is 48.5 Å². The summed E-state index contributed by atoms with van der Waals surface area (Å²) >= 11 is 0. The molecule has 2 aromatic heterocycles. The third-order valence-electron chi connectivity index (χ3n) is 6.89. The number of benzene rings is 3. The Labute approximate surface area is 276 Å². The molecular formula is C28H24N14O8. The lowest BCUT2D eigenvalue weighted by atomic mass is 9.97. The molecule has 50 heavy (non-hydrogen) atoms. The molecule has 0 spiro atoms. The van der Waals surface area contributed by atoms with E-state index in [1.807, 2.05) is 0 Å². The van der Waals surface area contributed by atoms with Gasteiger partial charge in [-0.05, 0) is 23.3 Å². The van der Waals surface area contributed by atoms with Crippen molar-refractivity contribution in [1.82, 2.24) is 19.9 Å². The molecule has 22 nitrogen and oxygen atoms in total. The first-order valence-electron chi connectivity index (χ1n) is 13.9. The number of H-pyrrole nitrogens is 2. The monoisotopic (exact) mass is 684 g/mol. The maximum atomic E-state index is 13.0. The number of hydrogen-bond donors (Lipinski definition) is 8. The van der Waals surface area contributed by atoms with E-state index in [9.17, 15) is 40.0 Å². The molecular weight excluding hydrogens is 660 g/mol. The molecule has 0 saturated carbocycles. The highest BCUT2D eigenvalue weighted by atomic mass is 16.6. The number of guanidine groups is 2. The van der Waals surface area contributed by atoms with Crippen LogP contribution in [0.3, 0.4) is 0 Å². The van der Waals surface area contributed by atoms with E-state index < -0.39 is 67.9 Å². The van der Waals surface area contributed by atoms with E-state index >= 15 is 0 Å². The number of nitro benzene ring substituents is 2. The molecule has 12 N–H and O–H groups in total. The second kappa shape index (κ2) is 13.7. The van der Waals surface area contributed by atoms with Crippen molar-refractivity contribution >= 4 is 56.8 Å². The topological polar surface area (TPSA) is 372 Å². The molecule has 2 atom stereocenters. The van der Waals surface area contributed by atoms with Crippen LogP contribution in [0.4, 0.5) is 11.4 Å². The zero-order chi connectivity index (χ0) is 36.3. The van der Waals surface area contributed by atoms with Gasteiger partial charge in [0.25, 0.3) is 22.5 Å². The van der Waals surface area contributed by atoms with Crippen molar-refractivity contribution in [2.24, 2.45) is 43.3 Å². The van der Waals surface area contributed by atoms with Gasteiger partial charge in [-0.2, -0.15) is 0 Å². The van der Waals surface area contributed by atoms with Crippen molar-refractivity contribution in [3.8, 4) is 0 Å². The minimum absolute atomic E-state index is 0.0428. The summed E-state index contributed by atoms with van der Waals surface area (Å²) in [7, 11) is 0. The first-order chi connectivity index (χ1) is 23.7.